The van der Waals surface area contributed by atoms with Crippen molar-refractivity contribution in [2.45, 2.75) is 51.0 Å². The smallest absolute Gasteiger partial charge is 0.225 e. The van der Waals surface area contributed by atoms with E-state index >= 15 is 0 Å². The molecule has 3 heterocycles. The third-order valence-corrected chi connectivity index (χ3v) is 6.50. The molecule has 2 aliphatic heterocycles. The normalized spacial score (nSPS) is 24.3. The van der Waals surface area contributed by atoms with Gasteiger partial charge in [0.05, 0.1) is 5.92 Å². The molecule has 4 rings (SSSR count). The highest BCUT2D eigenvalue weighted by Gasteiger charge is 2.37. The van der Waals surface area contributed by atoms with E-state index in [4.69, 9.17) is 0 Å². The highest BCUT2D eigenvalue weighted by molar-refractivity contribution is 5.81. The molecule has 3 fully saturated rings. The average molecular weight is 389 g/mol. The molecule has 1 aliphatic carbocycles. The zero-order valence-electron chi connectivity index (χ0n) is 16.8. The predicted octanol–water partition coefficient (Wildman–Crippen LogP) is 0.587. The van der Waals surface area contributed by atoms with E-state index in [0.717, 1.165) is 70.5 Å². The van der Waals surface area contributed by atoms with Gasteiger partial charge in [0, 0.05) is 51.6 Å². The van der Waals surface area contributed by atoms with Gasteiger partial charge in [-0.1, -0.05) is 0 Å². The number of hydrogen-bond donors (Lipinski definition) is 1. The fourth-order valence-corrected chi connectivity index (χ4v) is 4.58. The van der Waals surface area contributed by atoms with E-state index in [1.54, 1.807) is 11.0 Å². The Balaban J connectivity index is 1.21. The van der Waals surface area contributed by atoms with Gasteiger partial charge in [-0.05, 0) is 45.1 Å². The molecule has 28 heavy (non-hydrogen) atoms. The van der Waals surface area contributed by atoms with Crippen molar-refractivity contribution in [1.82, 2.24) is 29.9 Å². The summed E-state index contributed by atoms with van der Waals surface area (Å²) < 4.78 is 1.74. The Bertz CT molecular complexity index is 693. The van der Waals surface area contributed by atoms with Crippen molar-refractivity contribution in [3.8, 4) is 0 Å². The lowest BCUT2D eigenvalue weighted by Gasteiger charge is -2.42. The average Bonchev–Trinajstić information content (AvgIpc) is 3.50. The van der Waals surface area contributed by atoms with Crippen LogP contribution in [0.2, 0.25) is 0 Å². The van der Waals surface area contributed by atoms with Crippen LogP contribution in [0.1, 0.15) is 44.3 Å². The van der Waals surface area contributed by atoms with E-state index in [1.807, 2.05) is 7.05 Å². The summed E-state index contributed by atoms with van der Waals surface area (Å²) in [5.41, 5.74) is 0. The molecular weight excluding hydrogens is 356 g/mol. The lowest BCUT2D eigenvalue weighted by Crippen LogP contribution is -2.51. The number of amides is 2. The van der Waals surface area contributed by atoms with Crippen LogP contribution in [0.15, 0.2) is 6.33 Å². The van der Waals surface area contributed by atoms with Gasteiger partial charge in [-0.25, -0.2) is 4.98 Å². The molecule has 1 unspecified atom stereocenters. The van der Waals surface area contributed by atoms with E-state index in [-0.39, 0.29) is 11.8 Å². The largest absolute Gasteiger partial charge is 0.355 e. The first-order valence-electron chi connectivity index (χ1n) is 10.7. The molecule has 2 amide bonds. The van der Waals surface area contributed by atoms with Crippen LogP contribution in [0.4, 0.5) is 0 Å². The third-order valence-electron chi connectivity index (χ3n) is 6.50. The number of carbonyl (C=O) groups excluding carboxylic acids is 2. The van der Waals surface area contributed by atoms with Gasteiger partial charge in [0.2, 0.25) is 11.8 Å². The topological polar surface area (TPSA) is 83.4 Å². The summed E-state index contributed by atoms with van der Waals surface area (Å²) in [6, 6.07) is 0.512. The van der Waals surface area contributed by atoms with Crippen LogP contribution >= 0.6 is 0 Å². The third kappa shape index (κ3) is 4.54. The van der Waals surface area contributed by atoms with Gasteiger partial charge in [0.1, 0.15) is 12.2 Å². The van der Waals surface area contributed by atoms with Crippen molar-refractivity contribution < 1.29 is 9.59 Å². The maximum Gasteiger partial charge on any atom is 0.225 e. The van der Waals surface area contributed by atoms with Gasteiger partial charge in [0.25, 0.3) is 0 Å². The van der Waals surface area contributed by atoms with Gasteiger partial charge >= 0.3 is 0 Å². The van der Waals surface area contributed by atoms with Crippen molar-refractivity contribution in [1.29, 1.82) is 0 Å². The van der Waals surface area contributed by atoms with E-state index in [0.29, 0.717) is 30.8 Å². The molecule has 1 aromatic rings. The number of aryl methyl sites for hydroxylation is 1. The van der Waals surface area contributed by atoms with Crippen molar-refractivity contribution in [3.05, 3.63) is 12.2 Å². The molecule has 0 aromatic carbocycles. The molecule has 1 N–H and O–H groups in total. The standard InChI is InChI=1S/C20H32N6O2/c1-24-18(22-14-23-24)6-9-21-19(27)16-3-2-10-26(13-16)17-7-11-25(12-8-17)20(28)15-4-5-15/h14-17H,2-13H2,1H3,(H,21,27). The minimum atomic E-state index is 0.0689. The van der Waals surface area contributed by atoms with Crippen LogP contribution < -0.4 is 5.32 Å². The summed E-state index contributed by atoms with van der Waals surface area (Å²) in [5.74, 6) is 1.81. The fourth-order valence-electron chi connectivity index (χ4n) is 4.58. The first kappa shape index (κ1) is 19.4. The first-order chi connectivity index (χ1) is 13.6. The minimum absolute atomic E-state index is 0.0689. The molecule has 8 heteroatoms. The van der Waals surface area contributed by atoms with E-state index < -0.39 is 0 Å². The minimum Gasteiger partial charge on any atom is -0.355 e. The first-order valence-corrected chi connectivity index (χ1v) is 10.7. The summed E-state index contributed by atoms with van der Waals surface area (Å²) in [6.45, 7) is 4.28. The zero-order valence-corrected chi connectivity index (χ0v) is 16.8. The van der Waals surface area contributed by atoms with Crippen LogP contribution in [0.5, 0.6) is 0 Å². The van der Waals surface area contributed by atoms with Crippen molar-refractivity contribution in [3.63, 3.8) is 0 Å². The zero-order chi connectivity index (χ0) is 19.5. The maximum absolute atomic E-state index is 12.6. The summed E-state index contributed by atoms with van der Waals surface area (Å²) in [5, 5.41) is 7.14. The number of piperidine rings is 2. The number of likely N-dealkylation sites (tertiary alicyclic amines) is 2. The Kier molecular flexibility index (Phi) is 5.94. The number of nitrogens with one attached hydrogen (secondary N) is 1. The van der Waals surface area contributed by atoms with Gasteiger partial charge in [-0.3, -0.25) is 19.2 Å². The predicted molar refractivity (Wildman–Crippen MR) is 104 cm³/mol. The van der Waals surface area contributed by atoms with Crippen molar-refractivity contribution in [2.24, 2.45) is 18.9 Å². The Hall–Kier alpha value is -1.96. The van der Waals surface area contributed by atoms with E-state index in [2.05, 4.69) is 25.2 Å². The summed E-state index contributed by atoms with van der Waals surface area (Å²) in [7, 11) is 1.87. The molecular formula is C20H32N6O2. The highest BCUT2D eigenvalue weighted by atomic mass is 16.2. The molecule has 0 spiro atoms. The van der Waals surface area contributed by atoms with Gasteiger partial charge in [-0.2, -0.15) is 5.10 Å². The second kappa shape index (κ2) is 8.59. The summed E-state index contributed by atoms with van der Waals surface area (Å²) in [4.78, 5) is 33.6. The molecule has 1 aromatic heterocycles. The number of nitrogens with zero attached hydrogens (tertiary/aromatic N) is 5. The Morgan fingerprint density at radius 3 is 2.57 bits per heavy atom. The Morgan fingerprint density at radius 2 is 1.89 bits per heavy atom. The number of hydrogen-bond acceptors (Lipinski definition) is 5. The van der Waals surface area contributed by atoms with Gasteiger partial charge < -0.3 is 10.2 Å². The lowest BCUT2D eigenvalue weighted by atomic mass is 9.93. The van der Waals surface area contributed by atoms with Gasteiger partial charge in [0.15, 0.2) is 0 Å². The van der Waals surface area contributed by atoms with Crippen LogP contribution in [-0.2, 0) is 23.1 Å². The van der Waals surface area contributed by atoms with Crippen molar-refractivity contribution in [2.75, 3.05) is 32.7 Å². The molecule has 0 bridgehead atoms. The molecule has 3 aliphatic rings. The molecule has 0 radical (unpaired) electrons. The summed E-state index contributed by atoms with van der Waals surface area (Å²) >= 11 is 0. The quantitative estimate of drug-likeness (QED) is 0.771. The van der Waals surface area contributed by atoms with E-state index in [9.17, 15) is 9.59 Å². The molecule has 154 valence electrons. The number of aromatic nitrogens is 3. The molecule has 8 nitrogen and oxygen atoms in total. The van der Waals surface area contributed by atoms with Crippen LogP contribution in [0.3, 0.4) is 0 Å². The maximum atomic E-state index is 12.6. The number of carbonyl (C=O) groups is 2. The SMILES string of the molecule is Cn1ncnc1CCNC(=O)C1CCCN(C2CCN(C(=O)C3CC3)CC2)C1. The van der Waals surface area contributed by atoms with Crippen LogP contribution in [0.25, 0.3) is 0 Å². The summed E-state index contributed by atoms with van der Waals surface area (Å²) in [6.07, 6.45) is 8.52. The Morgan fingerprint density at radius 1 is 1.11 bits per heavy atom. The second-order valence-corrected chi connectivity index (χ2v) is 8.51. The van der Waals surface area contributed by atoms with Crippen LogP contribution in [-0.4, -0.2) is 75.1 Å². The monoisotopic (exact) mass is 388 g/mol. The molecule has 1 saturated carbocycles. The lowest BCUT2D eigenvalue weighted by molar-refractivity contribution is -0.134. The fraction of sp³-hybridized carbons (Fsp3) is 0.800. The molecule has 2 saturated heterocycles. The molecule has 1 atom stereocenters. The van der Waals surface area contributed by atoms with Crippen molar-refractivity contribution >= 4 is 11.8 Å². The Labute approximate surface area is 166 Å². The van der Waals surface area contributed by atoms with Gasteiger partial charge in [-0.15, -0.1) is 0 Å². The van der Waals surface area contributed by atoms with Crippen LogP contribution in [0, 0.1) is 11.8 Å². The number of rotatable bonds is 6. The second-order valence-electron chi connectivity index (χ2n) is 8.51. The highest BCUT2D eigenvalue weighted by Crippen LogP contribution is 2.32. The van der Waals surface area contributed by atoms with E-state index in [1.165, 1.54) is 0 Å².